The summed E-state index contributed by atoms with van der Waals surface area (Å²) in [5.74, 6) is -1.05. The molecular formula is C23H27N3O4S2. The molecule has 1 amide bonds. The Kier molecular flexibility index (Phi) is 6.90. The predicted octanol–water partition coefficient (Wildman–Crippen LogP) is 3.05. The number of rotatable bonds is 7. The summed E-state index contributed by atoms with van der Waals surface area (Å²) in [5, 5.41) is 0.537. The molecule has 0 spiro atoms. The molecule has 9 heteroatoms. The number of hydrogen-bond donors (Lipinski definition) is 0. The Bertz CT molecular complexity index is 1200. The standard InChI is InChI=1S/C23H27N3O4S2/c1-17-14-18(2)22-20(15-17)24-23(31-22)26(9-8-25-10-12-30-13-11-25)21(27)16-32(28,29)19-6-4-3-5-7-19/h3-7,14-15H,8-13,16H2,1-2H3. The number of carbonyl (C=O) groups is 1. The minimum Gasteiger partial charge on any atom is -0.379 e. The molecule has 32 heavy (non-hydrogen) atoms. The average molecular weight is 474 g/mol. The van der Waals surface area contributed by atoms with Crippen LogP contribution in [-0.2, 0) is 19.4 Å². The zero-order valence-electron chi connectivity index (χ0n) is 18.3. The van der Waals surface area contributed by atoms with Gasteiger partial charge in [0.15, 0.2) is 15.0 Å². The summed E-state index contributed by atoms with van der Waals surface area (Å²) in [6, 6.07) is 12.2. The minimum absolute atomic E-state index is 0.150. The van der Waals surface area contributed by atoms with Gasteiger partial charge in [-0.2, -0.15) is 0 Å². The van der Waals surface area contributed by atoms with Crippen LogP contribution in [0.25, 0.3) is 10.2 Å². The highest BCUT2D eigenvalue weighted by Crippen LogP contribution is 2.32. The molecule has 1 fully saturated rings. The zero-order valence-corrected chi connectivity index (χ0v) is 19.9. The maximum atomic E-state index is 13.3. The minimum atomic E-state index is -3.75. The van der Waals surface area contributed by atoms with Crippen LogP contribution in [0, 0.1) is 13.8 Å². The largest absolute Gasteiger partial charge is 0.379 e. The number of nitrogens with zero attached hydrogens (tertiary/aromatic N) is 3. The number of aromatic nitrogens is 1. The van der Waals surface area contributed by atoms with E-state index in [1.54, 1.807) is 18.2 Å². The first kappa shape index (κ1) is 22.8. The van der Waals surface area contributed by atoms with Crippen molar-refractivity contribution in [2.45, 2.75) is 18.7 Å². The van der Waals surface area contributed by atoms with Crippen molar-refractivity contribution in [2.24, 2.45) is 0 Å². The SMILES string of the molecule is Cc1cc(C)c2sc(N(CCN3CCOCC3)C(=O)CS(=O)(=O)c3ccccc3)nc2c1. The quantitative estimate of drug-likeness (QED) is 0.525. The predicted molar refractivity (Wildman–Crippen MR) is 127 cm³/mol. The summed E-state index contributed by atoms with van der Waals surface area (Å²) in [6.45, 7) is 7.96. The van der Waals surface area contributed by atoms with Crippen molar-refractivity contribution in [1.29, 1.82) is 0 Å². The van der Waals surface area contributed by atoms with Crippen LogP contribution in [-0.4, -0.2) is 69.4 Å². The lowest BCUT2D eigenvalue weighted by molar-refractivity contribution is -0.116. The first-order chi connectivity index (χ1) is 15.3. The normalized spacial score (nSPS) is 15.2. The van der Waals surface area contributed by atoms with Crippen LogP contribution in [0.5, 0.6) is 0 Å². The molecule has 0 unspecified atom stereocenters. The van der Waals surface area contributed by atoms with Crippen LogP contribution in [0.4, 0.5) is 5.13 Å². The lowest BCUT2D eigenvalue weighted by Gasteiger charge is -2.29. The van der Waals surface area contributed by atoms with Crippen molar-refractivity contribution in [1.82, 2.24) is 9.88 Å². The van der Waals surface area contributed by atoms with Crippen LogP contribution in [0.2, 0.25) is 0 Å². The van der Waals surface area contributed by atoms with E-state index in [1.165, 1.54) is 28.4 Å². The van der Waals surface area contributed by atoms with Gasteiger partial charge in [-0.25, -0.2) is 13.4 Å². The third-order valence-corrected chi connectivity index (χ3v) is 8.35. The smallest absolute Gasteiger partial charge is 0.244 e. The maximum absolute atomic E-state index is 13.3. The third kappa shape index (κ3) is 5.17. The van der Waals surface area contributed by atoms with Gasteiger partial charge < -0.3 is 4.74 Å². The Morgan fingerprint density at radius 2 is 1.88 bits per heavy atom. The van der Waals surface area contributed by atoms with E-state index in [2.05, 4.69) is 11.0 Å². The highest BCUT2D eigenvalue weighted by molar-refractivity contribution is 7.92. The van der Waals surface area contributed by atoms with E-state index in [0.29, 0.717) is 31.4 Å². The molecule has 2 aromatic carbocycles. The number of ether oxygens (including phenoxy) is 1. The van der Waals surface area contributed by atoms with Crippen LogP contribution in [0.15, 0.2) is 47.4 Å². The van der Waals surface area contributed by atoms with Gasteiger partial charge in [0.25, 0.3) is 0 Å². The molecule has 2 heterocycles. The van der Waals surface area contributed by atoms with E-state index in [9.17, 15) is 13.2 Å². The molecule has 7 nitrogen and oxygen atoms in total. The number of hydrogen-bond acceptors (Lipinski definition) is 7. The van der Waals surface area contributed by atoms with Crippen LogP contribution >= 0.6 is 11.3 Å². The maximum Gasteiger partial charge on any atom is 0.244 e. The Balaban J connectivity index is 1.62. The molecule has 1 aliphatic heterocycles. The second-order valence-electron chi connectivity index (χ2n) is 8.00. The lowest BCUT2D eigenvalue weighted by Crippen LogP contribution is -2.44. The van der Waals surface area contributed by atoms with Crippen LogP contribution in [0.1, 0.15) is 11.1 Å². The molecule has 0 saturated carbocycles. The summed E-state index contributed by atoms with van der Waals surface area (Å²) in [6.07, 6.45) is 0. The van der Waals surface area contributed by atoms with Crippen molar-refractivity contribution in [3.8, 4) is 0 Å². The number of benzene rings is 2. The van der Waals surface area contributed by atoms with Crippen LogP contribution in [0.3, 0.4) is 0 Å². The number of sulfone groups is 1. The Hall–Kier alpha value is -2.33. The summed E-state index contributed by atoms with van der Waals surface area (Å²) in [5.41, 5.74) is 3.03. The molecule has 1 saturated heterocycles. The Morgan fingerprint density at radius 1 is 1.16 bits per heavy atom. The number of thiazole rings is 1. The fourth-order valence-corrected chi connectivity index (χ4v) is 6.10. The van der Waals surface area contributed by atoms with Crippen molar-refractivity contribution >= 4 is 42.4 Å². The number of anilines is 1. The van der Waals surface area contributed by atoms with Crippen LogP contribution < -0.4 is 4.90 Å². The van der Waals surface area contributed by atoms with Gasteiger partial charge in [-0.05, 0) is 43.2 Å². The van der Waals surface area contributed by atoms with Crippen molar-refractivity contribution in [3.63, 3.8) is 0 Å². The summed E-state index contributed by atoms with van der Waals surface area (Å²) >= 11 is 1.43. The monoisotopic (exact) mass is 473 g/mol. The lowest BCUT2D eigenvalue weighted by atomic mass is 10.1. The highest BCUT2D eigenvalue weighted by atomic mass is 32.2. The molecule has 0 atom stereocenters. The molecule has 0 aliphatic carbocycles. The van der Waals surface area contributed by atoms with Gasteiger partial charge in [-0.3, -0.25) is 14.6 Å². The Labute approximate surface area is 192 Å². The molecule has 170 valence electrons. The number of morpholine rings is 1. The van der Waals surface area contributed by atoms with Gasteiger partial charge in [0.05, 0.1) is 28.3 Å². The van der Waals surface area contributed by atoms with E-state index in [1.807, 2.05) is 19.9 Å². The van der Waals surface area contributed by atoms with Gasteiger partial charge in [0, 0.05) is 26.2 Å². The molecule has 0 N–H and O–H groups in total. The number of carbonyl (C=O) groups excluding carboxylic acids is 1. The molecule has 0 bridgehead atoms. The Morgan fingerprint density at radius 3 is 2.59 bits per heavy atom. The van der Waals surface area contributed by atoms with Gasteiger partial charge in [-0.15, -0.1) is 0 Å². The summed E-state index contributed by atoms with van der Waals surface area (Å²) in [4.78, 5) is 21.9. The first-order valence-electron chi connectivity index (χ1n) is 10.6. The number of amides is 1. The second-order valence-corrected chi connectivity index (χ2v) is 11.0. The van der Waals surface area contributed by atoms with Crippen molar-refractivity contribution in [3.05, 3.63) is 53.6 Å². The summed E-state index contributed by atoms with van der Waals surface area (Å²) < 4.78 is 32.1. The molecule has 1 aliphatic rings. The summed E-state index contributed by atoms with van der Waals surface area (Å²) in [7, 11) is -3.75. The van der Waals surface area contributed by atoms with Crippen molar-refractivity contribution in [2.75, 3.05) is 50.0 Å². The molecular weight excluding hydrogens is 446 g/mol. The first-order valence-corrected chi connectivity index (χ1v) is 13.1. The molecule has 0 radical (unpaired) electrons. The highest BCUT2D eigenvalue weighted by Gasteiger charge is 2.27. The van der Waals surface area contributed by atoms with Gasteiger partial charge in [0.2, 0.25) is 5.91 Å². The molecule has 4 rings (SSSR count). The average Bonchev–Trinajstić information content (AvgIpc) is 3.19. The van der Waals surface area contributed by atoms with Gasteiger partial charge in [0.1, 0.15) is 5.75 Å². The third-order valence-electron chi connectivity index (χ3n) is 5.50. The van der Waals surface area contributed by atoms with E-state index < -0.39 is 21.5 Å². The topological polar surface area (TPSA) is 79.8 Å². The van der Waals surface area contributed by atoms with E-state index in [4.69, 9.17) is 9.72 Å². The van der Waals surface area contributed by atoms with E-state index >= 15 is 0 Å². The van der Waals surface area contributed by atoms with E-state index in [-0.39, 0.29) is 4.90 Å². The van der Waals surface area contributed by atoms with Gasteiger partial charge in [-0.1, -0.05) is 35.6 Å². The number of fused-ring (bicyclic) bond motifs is 1. The number of aryl methyl sites for hydroxylation is 2. The molecule has 1 aromatic heterocycles. The van der Waals surface area contributed by atoms with Gasteiger partial charge >= 0.3 is 0 Å². The van der Waals surface area contributed by atoms with E-state index in [0.717, 1.165) is 34.4 Å². The fraction of sp³-hybridized carbons (Fsp3) is 0.391. The fourth-order valence-electron chi connectivity index (χ4n) is 3.83. The zero-order chi connectivity index (χ0) is 22.7. The molecule has 3 aromatic rings. The van der Waals surface area contributed by atoms with Crippen molar-refractivity contribution < 1.29 is 17.9 Å². The second kappa shape index (κ2) is 9.66.